The SMILES string of the molecule is CC(=O)O.CN1CC(C2CC(c3nc4cc(Br)ccc4s3)C2)C1.[H-].[Na+]. The summed E-state index contributed by atoms with van der Waals surface area (Å²) in [6.45, 7) is 3.70. The number of aliphatic carboxylic acids is 1. The molecule has 0 amide bonds. The van der Waals surface area contributed by atoms with Gasteiger partial charge in [-0.05, 0) is 49.9 Å². The molecule has 0 unspecified atom stereocenters. The van der Waals surface area contributed by atoms with E-state index >= 15 is 0 Å². The van der Waals surface area contributed by atoms with Crippen molar-refractivity contribution in [3.63, 3.8) is 0 Å². The second-order valence-corrected chi connectivity index (χ2v) is 8.57. The van der Waals surface area contributed by atoms with E-state index in [1.807, 2.05) is 11.3 Å². The van der Waals surface area contributed by atoms with Gasteiger partial charge in [0.2, 0.25) is 0 Å². The number of carbonyl (C=O) groups is 1. The Bertz CT molecular complexity index is 714. The fourth-order valence-corrected chi connectivity index (χ4v) is 4.81. The van der Waals surface area contributed by atoms with Crippen molar-refractivity contribution in [3.05, 3.63) is 27.7 Å². The largest absolute Gasteiger partial charge is 1.00 e. The standard InChI is InChI=1S/C15H17BrN2S.C2H4O2.Na.H/c1-18-7-11(8-18)9-4-10(5-9)15-17-13-6-12(16)2-3-14(13)19-15;1-2(3)4;;/h2-3,6,9-11H,4-5,7-8H2,1H3;1H3,(H,3,4);;/q;;+1;-1. The van der Waals surface area contributed by atoms with Crippen molar-refractivity contribution in [3.8, 4) is 0 Å². The van der Waals surface area contributed by atoms with E-state index in [4.69, 9.17) is 14.9 Å². The smallest absolute Gasteiger partial charge is 1.00 e. The van der Waals surface area contributed by atoms with Crippen LogP contribution < -0.4 is 29.6 Å². The van der Waals surface area contributed by atoms with E-state index in [1.54, 1.807) is 0 Å². The Kier molecular flexibility index (Phi) is 7.29. The van der Waals surface area contributed by atoms with Crippen molar-refractivity contribution in [2.75, 3.05) is 20.1 Å². The van der Waals surface area contributed by atoms with E-state index in [-0.39, 0.29) is 31.0 Å². The van der Waals surface area contributed by atoms with Crippen LogP contribution in [0.25, 0.3) is 10.2 Å². The van der Waals surface area contributed by atoms with Gasteiger partial charge in [-0.25, -0.2) is 4.98 Å². The van der Waals surface area contributed by atoms with Crippen molar-refractivity contribution < 1.29 is 40.9 Å². The third kappa shape index (κ3) is 4.80. The fourth-order valence-electron chi connectivity index (χ4n) is 3.39. The minimum absolute atomic E-state index is 0. The minimum atomic E-state index is -0.833. The zero-order valence-electron chi connectivity index (χ0n) is 15.3. The Balaban J connectivity index is 0.000000476. The Hall–Kier alpha value is 0.0200. The molecule has 2 fully saturated rings. The van der Waals surface area contributed by atoms with Crippen molar-refractivity contribution in [2.24, 2.45) is 11.8 Å². The Morgan fingerprint density at radius 1 is 1.38 bits per heavy atom. The van der Waals surface area contributed by atoms with Gasteiger partial charge in [-0.15, -0.1) is 11.3 Å². The first-order valence-electron chi connectivity index (χ1n) is 7.86. The van der Waals surface area contributed by atoms with Gasteiger partial charge in [0.25, 0.3) is 5.97 Å². The topological polar surface area (TPSA) is 53.4 Å². The van der Waals surface area contributed by atoms with E-state index in [0.29, 0.717) is 0 Å². The zero-order chi connectivity index (χ0) is 16.6. The molecule has 0 spiro atoms. The number of halogens is 1. The summed E-state index contributed by atoms with van der Waals surface area (Å²) in [7, 11) is 2.22. The number of fused-ring (bicyclic) bond motifs is 1. The van der Waals surface area contributed by atoms with E-state index in [9.17, 15) is 0 Å². The number of likely N-dealkylation sites (tertiary alicyclic amines) is 1. The molecule has 2 aromatic rings. The van der Waals surface area contributed by atoms with Crippen LogP contribution in [0.1, 0.15) is 32.1 Å². The number of hydrogen-bond acceptors (Lipinski definition) is 4. The maximum absolute atomic E-state index is 9.00. The van der Waals surface area contributed by atoms with Gasteiger partial charge < -0.3 is 11.4 Å². The first-order chi connectivity index (χ1) is 10.9. The predicted molar refractivity (Wildman–Crippen MR) is 98.2 cm³/mol. The van der Waals surface area contributed by atoms with Gasteiger partial charge in [-0.2, -0.15) is 0 Å². The molecule has 7 heteroatoms. The van der Waals surface area contributed by atoms with E-state index in [0.717, 1.165) is 34.7 Å². The summed E-state index contributed by atoms with van der Waals surface area (Å²) < 4.78 is 2.45. The van der Waals surface area contributed by atoms with E-state index in [2.05, 4.69) is 46.1 Å². The third-order valence-electron chi connectivity index (χ3n) is 4.65. The molecule has 4 rings (SSSR count). The maximum atomic E-state index is 9.00. The number of carboxylic acid groups (broad SMARTS) is 1. The molecule has 1 aliphatic carbocycles. The second-order valence-electron chi connectivity index (χ2n) is 6.59. The van der Waals surface area contributed by atoms with Gasteiger partial charge in [0, 0.05) is 30.4 Å². The molecule has 0 atom stereocenters. The summed E-state index contributed by atoms with van der Waals surface area (Å²) in [5, 5.41) is 8.78. The Morgan fingerprint density at radius 3 is 2.58 bits per heavy atom. The van der Waals surface area contributed by atoms with Crippen LogP contribution in [-0.4, -0.2) is 41.1 Å². The normalized spacial score (nSPS) is 23.5. The molecule has 4 nitrogen and oxygen atoms in total. The molecule has 2 aliphatic rings. The molecule has 24 heavy (non-hydrogen) atoms. The molecule has 2 heterocycles. The summed E-state index contributed by atoms with van der Waals surface area (Å²) in [6.07, 6.45) is 2.72. The number of aromatic nitrogens is 1. The number of rotatable bonds is 2. The molecule has 1 aromatic heterocycles. The third-order valence-corrected chi connectivity index (χ3v) is 6.34. The van der Waals surface area contributed by atoms with Crippen LogP contribution in [-0.2, 0) is 4.79 Å². The van der Waals surface area contributed by atoms with Crippen molar-refractivity contribution in [1.29, 1.82) is 0 Å². The van der Waals surface area contributed by atoms with E-state index < -0.39 is 5.97 Å². The number of thiazole rings is 1. The molecule has 0 bridgehead atoms. The zero-order valence-corrected chi connectivity index (χ0v) is 18.7. The molecular formula is C17H22BrN2NaO2S. The van der Waals surface area contributed by atoms with Crippen LogP contribution >= 0.6 is 27.3 Å². The monoisotopic (exact) mass is 420 g/mol. The van der Waals surface area contributed by atoms with Crippen molar-refractivity contribution in [2.45, 2.75) is 25.7 Å². The predicted octanol–water partition coefficient (Wildman–Crippen LogP) is 1.32. The molecular weight excluding hydrogens is 399 g/mol. The first-order valence-corrected chi connectivity index (χ1v) is 9.47. The number of nitrogens with zero attached hydrogens (tertiary/aromatic N) is 2. The van der Waals surface area contributed by atoms with Gasteiger partial charge in [-0.3, -0.25) is 4.79 Å². The molecule has 0 radical (unpaired) electrons. The van der Waals surface area contributed by atoms with Crippen LogP contribution in [0.15, 0.2) is 22.7 Å². The summed E-state index contributed by atoms with van der Waals surface area (Å²) in [6, 6.07) is 6.42. The van der Waals surface area contributed by atoms with Gasteiger partial charge in [0.05, 0.1) is 15.2 Å². The van der Waals surface area contributed by atoms with Crippen molar-refractivity contribution in [1.82, 2.24) is 9.88 Å². The molecule has 126 valence electrons. The Morgan fingerprint density at radius 2 is 2.00 bits per heavy atom. The van der Waals surface area contributed by atoms with E-state index in [1.165, 1.54) is 35.6 Å². The number of carboxylic acids is 1. The summed E-state index contributed by atoms with van der Waals surface area (Å²) in [5.74, 6) is 1.82. The van der Waals surface area contributed by atoms with Crippen LogP contribution in [0.5, 0.6) is 0 Å². The fraction of sp³-hybridized carbons (Fsp3) is 0.529. The number of benzene rings is 1. The first kappa shape index (κ1) is 20.3. The summed E-state index contributed by atoms with van der Waals surface area (Å²) in [4.78, 5) is 16.3. The van der Waals surface area contributed by atoms with Gasteiger partial charge in [0.1, 0.15) is 0 Å². The minimum Gasteiger partial charge on any atom is -1.00 e. The average Bonchev–Trinajstić information content (AvgIpc) is 2.76. The molecule has 1 aliphatic heterocycles. The van der Waals surface area contributed by atoms with Crippen LogP contribution in [0.2, 0.25) is 0 Å². The summed E-state index contributed by atoms with van der Waals surface area (Å²) >= 11 is 5.41. The molecule has 1 saturated carbocycles. The molecule has 1 N–H and O–H groups in total. The van der Waals surface area contributed by atoms with Gasteiger partial charge in [-0.1, -0.05) is 15.9 Å². The van der Waals surface area contributed by atoms with Gasteiger partial charge in [0.15, 0.2) is 0 Å². The maximum Gasteiger partial charge on any atom is 1.00 e. The summed E-state index contributed by atoms with van der Waals surface area (Å²) in [5.41, 5.74) is 1.15. The number of hydrogen-bond donors (Lipinski definition) is 1. The van der Waals surface area contributed by atoms with Crippen LogP contribution in [0, 0.1) is 11.8 Å². The van der Waals surface area contributed by atoms with Crippen molar-refractivity contribution >= 4 is 43.5 Å². The molecule has 1 saturated heterocycles. The van der Waals surface area contributed by atoms with Crippen LogP contribution in [0.3, 0.4) is 0 Å². The Labute approximate surface area is 178 Å². The van der Waals surface area contributed by atoms with Crippen LogP contribution in [0.4, 0.5) is 0 Å². The van der Waals surface area contributed by atoms with Gasteiger partial charge >= 0.3 is 29.6 Å². The quantitative estimate of drug-likeness (QED) is 0.744. The second kappa shape index (κ2) is 8.60. The average molecular weight is 421 g/mol. The molecule has 1 aromatic carbocycles.